The normalized spacial score (nSPS) is 10.8. The van der Waals surface area contributed by atoms with E-state index in [1.54, 1.807) is 0 Å². The number of halogens is 1. The zero-order chi connectivity index (χ0) is 12.5. The van der Waals surface area contributed by atoms with Crippen LogP contribution in [0, 0.1) is 6.92 Å². The molecule has 88 valence electrons. The molecular formula is C16H12ClN. The lowest BCUT2D eigenvalue weighted by Crippen LogP contribution is -1.89. The van der Waals surface area contributed by atoms with Gasteiger partial charge in [0.1, 0.15) is 0 Å². The Labute approximate surface area is 111 Å². The van der Waals surface area contributed by atoms with Crippen molar-refractivity contribution in [3.05, 3.63) is 65.2 Å². The molecular weight excluding hydrogens is 242 g/mol. The minimum Gasteiger partial charge on any atom is -0.247 e. The number of rotatable bonds is 1. The summed E-state index contributed by atoms with van der Waals surface area (Å²) in [4.78, 5) is 4.72. The number of nitrogens with zero attached hydrogens (tertiary/aromatic N) is 1. The van der Waals surface area contributed by atoms with Crippen LogP contribution < -0.4 is 0 Å². The Morgan fingerprint density at radius 2 is 1.72 bits per heavy atom. The van der Waals surface area contributed by atoms with Crippen LogP contribution in [0.4, 0.5) is 0 Å². The van der Waals surface area contributed by atoms with Gasteiger partial charge in [-0.2, -0.15) is 0 Å². The maximum absolute atomic E-state index is 6.02. The van der Waals surface area contributed by atoms with E-state index in [1.165, 1.54) is 5.56 Å². The SMILES string of the molecule is Cc1cc2ccc(Cl)cc2nc1-c1ccccc1. The van der Waals surface area contributed by atoms with E-state index >= 15 is 0 Å². The van der Waals surface area contributed by atoms with Crippen LogP contribution in [0.3, 0.4) is 0 Å². The van der Waals surface area contributed by atoms with Crippen molar-refractivity contribution in [3.63, 3.8) is 0 Å². The molecule has 0 N–H and O–H groups in total. The molecule has 0 radical (unpaired) electrons. The van der Waals surface area contributed by atoms with Crippen molar-refractivity contribution in [3.8, 4) is 11.3 Å². The molecule has 1 heterocycles. The molecule has 0 bridgehead atoms. The van der Waals surface area contributed by atoms with E-state index in [1.807, 2.05) is 36.4 Å². The molecule has 0 aliphatic carbocycles. The number of fused-ring (bicyclic) bond motifs is 1. The van der Waals surface area contributed by atoms with Crippen molar-refractivity contribution >= 4 is 22.5 Å². The molecule has 0 unspecified atom stereocenters. The zero-order valence-corrected chi connectivity index (χ0v) is 10.8. The minimum absolute atomic E-state index is 0.720. The Morgan fingerprint density at radius 3 is 2.50 bits per heavy atom. The van der Waals surface area contributed by atoms with E-state index in [0.717, 1.165) is 27.2 Å². The topological polar surface area (TPSA) is 12.9 Å². The summed E-state index contributed by atoms with van der Waals surface area (Å²) in [5.41, 5.74) is 4.27. The summed E-state index contributed by atoms with van der Waals surface area (Å²) in [6.07, 6.45) is 0. The molecule has 1 nitrogen and oxygen atoms in total. The molecule has 0 fully saturated rings. The molecule has 3 rings (SSSR count). The summed E-state index contributed by atoms with van der Waals surface area (Å²) in [6, 6.07) is 18.2. The Morgan fingerprint density at radius 1 is 0.944 bits per heavy atom. The second-order valence-electron chi connectivity index (χ2n) is 4.36. The second kappa shape index (κ2) is 4.43. The first-order chi connectivity index (χ1) is 8.74. The number of pyridine rings is 1. The van der Waals surface area contributed by atoms with Gasteiger partial charge in [0.05, 0.1) is 11.2 Å². The van der Waals surface area contributed by atoms with Gasteiger partial charge in [-0.3, -0.25) is 0 Å². The summed E-state index contributed by atoms with van der Waals surface area (Å²) in [6.45, 7) is 2.09. The Bertz CT molecular complexity index is 705. The number of hydrogen-bond acceptors (Lipinski definition) is 1. The van der Waals surface area contributed by atoms with Crippen LogP contribution in [0.2, 0.25) is 5.02 Å². The van der Waals surface area contributed by atoms with Crippen LogP contribution in [-0.4, -0.2) is 4.98 Å². The fourth-order valence-electron chi connectivity index (χ4n) is 2.13. The largest absolute Gasteiger partial charge is 0.247 e. The van der Waals surface area contributed by atoms with Gasteiger partial charge in [0, 0.05) is 16.0 Å². The first-order valence-electron chi connectivity index (χ1n) is 5.86. The summed E-state index contributed by atoms with van der Waals surface area (Å²) in [5.74, 6) is 0. The summed E-state index contributed by atoms with van der Waals surface area (Å²) < 4.78 is 0. The monoisotopic (exact) mass is 253 g/mol. The number of aromatic nitrogens is 1. The van der Waals surface area contributed by atoms with E-state index in [0.29, 0.717) is 0 Å². The van der Waals surface area contributed by atoms with Crippen LogP contribution >= 0.6 is 11.6 Å². The molecule has 3 aromatic rings. The van der Waals surface area contributed by atoms with E-state index < -0.39 is 0 Å². The van der Waals surface area contributed by atoms with E-state index in [4.69, 9.17) is 16.6 Å². The van der Waals surface area contributed by atoms with Gasteiger partial charge in [-0.15, -0.1) is 0 Å². The molecule has 2 heteroatoms. The maximum atomic E-state index is 6.02. The van der Waals surface area contributed by atoms with Crippen LogP contribution in [0.1, 0.15) is 5.56 Å². The van der Waals surface area contributed by atoms with Gasteiger partial charge >= 0.3 is 0 Å². The third-order valence-corrected chi connectivity index (χ3v) is 3.25. The van der Waals surface area contributed by atoms with Crippen molar-refractivity contribution in [2.45, 2.75) is 6.92 Å². The lowest BCUT2D eigenvalue weighted by molar-refractivity contribution is 1.33. The van der Waals surface area contributed by atoms with Gasteiger partial charge in [0.15, 0.2) is 0 Å². The molecule has 0 aliphatic heterocycles. The summed E-state index contributed by atoms with van der Waals surface area (Å²) in [5, 5.41) is 1.84. The van der Waals surface area contributed by atoms with Gasteiger partial charge in [-0.1, -0.05) is 48.0 Å². The van der Waals surface area contributed by atoms with E-state index in [2.05, 4.69) is 25.1 Å². The van der Waals surface area contributed by atoms with Crippen molar-refractivity contribution < 1.29 is 0 Å². The molecule has 0 aliphatic rings. The van der Waals surface area contributed by atoms with Gasteiger partial charge in [0.2, 0.25) is 0 Å². The highest BCUT2D eigenvalue weighted by Crippen LogP contribution is 2.26. The zero-order valence-electron chi connectivity index (χ0n) is 10.0. The molecule has 0 saturated heterocycles. The first-order valence-corrected chi connectivity index (χ1v) is 6.24. The lowest BCUT2D eigenvalue weighted by atomic mass is 10.0. The Balaban J connectivity index is 2.27. The van der Waals surface area contributed by atoms with Crippen LogP contribution in [0.15, 0.2) is 54.6 Å². The highest BCUT2D eigenvalue weighted by molar-refractivity contribution is 6.31. The summed E-state index contributed by atoms with van der Waals surface area (Å²) >= 11 is 6.02. The number of benzene rings is 2. The highest BCUT2D eigenvalue weighted by Gasteiger charge is 2.05. The lowest BCUT2D eigenvalue weighted by Gasteiger charge is -2.07. The van der Waals surface area contributed by atoms with Crippen molar-refractivity contribution in [1.29, 1.82) is 0 Å². The summed E-state index contributed by atoms with van der Waals surface area (Å²) in [7, 11) is 0. The smallest absolute Gasteiger partial charge is 0.0738 e. The molecule has 0 saturated carbocycles. The van der Waals surface area contributed by atoms with Gasteiger partial charge in [-0.25, -0.2) is 4.98 Å². The maximum Gasteiger partial charge on any atom is 0.0738 e. The van der Waals surface area contributed by atoms with E-state index in [9.17, 15) is 0 Å². The Hall–Kier alpha value is -1.86. The van der Waals surface area contributed by atoms with Crippen molar-refractivity contribution in [1.82, 2.24) is 4.98 Å². The van der Waals surface area contributed by atoms with Gasteiger partial charge in [-0.05, 0) is 30.7 Å². The second-order valence-corrected chi connectivity index (χ2v) is 4.79. The van der Waals surface area contributed by atoms with Crippen LogP contribution in [0.25, 0.3) is 22.2 Å². The Kier molecular flexibility index (Phi) is 2.77. The third kappa shape index (κ3) is 1.98. The van der Waals surface area contributed by atoms with E-state index in [-0.39, 0.29) is 0 Å². The average molecular weight is 254 g/mol. The predicted octanol–water partition coefficient (Wildman–Crippen LogP) is 4.86. The predicted molar refractivity (Wildman–Crippen MR) is 76.9 cm³/mol. The minimum atomic E-state index is 0.720. The molecule has 18 heavy (non-hydrogen) atoms. The number of hydrogen-bond donors (Lipinski definition) is 0. The average Bonchev–Trinajstić information content (AvgIpc) is 2.39. The molecule has 0 amide bonds. The standard InChI is InChI=1S/C16H12ClN/c1-11-9-13-7-8-14(17)10-15(13)18-16(11)12-5-3-2-4-6-12/h2-10H,1H3. The fourth-order valence-corrected chi connectivity index (χ4v) is 2.30. The van der Waals surface area contributed by atoms with Crippen LogP contribution in [-0.2, 0) is 0 Å². The van der Waals surface area contributed by atoms with Crippen LogP contribution in [0.5, 0.6) is 0 Å². The molecule has 0 atom stereocenters. The van der Waals surface area contributed by atoms with Gasteiger partial charge in [0.25, 0.3) is 0 Å². The molecule has 0 spiro atoms. The van der Waals surface area contributed by atoms with Crippen molar-refractivity contribution in [2.24, 2.45) is 0 Å². The quantitative estimate of drug-likeness (QED) is 0.603. The first kappa shape index (κ1) is 11.2. The van der Waals surface area contributed by atoms with Gasteiger partial charge < -0.3 is 0 Å². The van der Waals surface area contributed by atoms with Crippen molar-refractivity contribution in [2.75, 3.05) is 0 Å². The highest BCUT2D eigenvalue weighted by atomic mass is 35.5. The third-order valence-electron chi connectivity index (χ3n) is 3.02. The molecule has 2 aromatic carbocycles. The number of aryl methyl sites for hydroxylation is 1. The fraction of sp³-hybridized carbons (Fsp3) is 0.0625. The molecule has 1 aromatic heterocycles.